The minimum atomic E-state index is 0.634. The fourth-order valence-corrected chi connectivity index (χ4v) is 3.97. The Kier molecular flexibility index (Phi) is 6.29. The molecule has 5 nitrogen and oxygen atoms in total. The molecule has 0 amide bonds. The van der Waals surface area contributed by atoms with Gasteiger partial charge in [0.15, 0.2) is 11.5 Å². The van der Waals surface area contributed by atoms with Gasteiger partial charge < -0.3 is 9.47 Å². The maximum absolute atomic E-state index is 5.33. The van der Waals surface area contributed by atoms with Crippen molar-refractivity contribution in [3.05, 3.63) is 56.3 Å². The number of anilines is 1. The number of hydrogen-bond acceptors (Lipinski definition) is 6. The summed E-state index contributed by atoms with van der Waals surface area (Å²) in [6, 6.07) is 11.8. The lowest BCUT2D eigenvalue weighted by Gasteiger charge is -2.10. The third kappa shape index (κ3) is 4.44. The lowest BCUT2D eigenvalue weighted by molar-refractivity contribution is 0.353. The number of halogens is 2. The molecule has 3 rings (SSSR count). The second-order valence-corrected chi connectivity index (χ2v) is 7.78. The van der Waals surface area contributed by atoms with Crippen LogP contribution in [-0.2, 0) is 0 Å². The Morgan fingerprint density at radius 3 is 2.73 bits per heavy atom. The quantitative estimate of drug-likeness (QED) is 0.346. The van der Waals surface area contributed by atoms with Gasteiger partial charge in [0.2, 0.25) is 5.13 Å². The Bertz CT molecular complexity index is 944. The highest BCUT2D eigenvalue weighted by Crippen LogP contribution is 2.35. The summed E-state index contributed by atoms with van der Waals surface area (Å²) in [7, 11) is 3.20. The van der Waals surface area contributed by atoms with Crippen LogP contribution in [0.3, 0.4) is 0 Å². The largest absolute Gasteiger partial charge is 0.493 e. The van der Waals surface area contributed by atoms with Gasteiger partial charge in [-0.15, -0.1) is 11.3 Å². The minimum Gasteiger partial charge on any atom is -0.493 e. The van der Waals surface area contributed by atoms with E-state index in [-0.39, 0.29) is 0 Å². The summed E-state index contributed by atoms with van der Waals surface area (Å²) in [5.41, 5.74) is 5.79. The number of hydrazone groups is 1. The van der Waals surface area contributed by atoms with Gasteiger partial charge in [-0.2, -0.15) is 5.10 Å². The van der Waals surface area contributed by atoms with Crippen LogP contribution in [-0.4, -0.2) is 25.4 Å². The summed E-state index contributed by atoms with van der Waals surface area (Å²) in [4.78, 5) is 4.55. The molecule has 0 bridgehead atoms. The fraction of sp³-hybridized carbons (Fsp3) is 0.111. The molecule has 0 aliphatic carbocycles. The minimum absolute atomic E-state index is 0.634. The standard InChI is InChI=1S/C18H15Br2N3O2S/c1-24-16-7-11(6-14(20)17(16)25-2)9-21-23-18-22-15(10-26-18)12-4-3-5-13(19)8-12/h3-10H,1-2H3,(H,22,23)/b21-9+. The van der Waals surface area contributed by atoms with E-state index in [1.54, 1.807) is 20.4 Å². The van der Waals surface area contributed by atoms with Crippen molar-refractivity contribution in [2.75, 3.05) is 19.6 Å². The molecule has 1 heterocycles. The van der Waals surface area contributed by atoms with Crippen molar-refractivity contribution in [2.24, 2.45) is 5.10 Å². The highest BCUT2D eigenvalue weighted by Gasteiger charge is 2.09. The molecule has 1 N–H and O–H groups in total. The SMILES string of the molecule is COc1cc(/C=N/Nc2nc(-c3cccc(Br)c3)cs2)cc(Br)c1OC. The molecule has 26 heavy (non-hydrogen) atoms. The number of benzene rings is 2. The first-order chi connectivity index (χ1) is 12.6. The summed E-state index contributed by atoms with van der Waals surface area (Å²) in [6.07, 6.45) is 1.70. The van der Waals surface area contributed by atoms with Crippen LogP contribution in [0.4, 0.5) is 5.13 Å². The van der Waals surface area contributed by atoms with E-state index in [0.29, 0.717) is 11.5 Å². The Morgan fingerprint density at radius 2 is 2.00 bits per heavy atom. The average Bonchev–Trinajstić information content (AvgIpc) is 3.10. The van der Waals surface area contributed by atoms with Gasteiger partial charge in [0.25, 0.3) is 0 Å². The zero-order chi connectivity index (χ0) is 18.5. The van der Waals surface area contributed by atoms with Crippen LogP contribution >= 0.6 is 43.2 Å². The highest BCUT2D eigenvalue weighted by molar-refractivity contribution is 9.10. The van der Waals surface area contributed by atoms with E-state index in [1.165, 1.54) is 11.3 Å². The second-order valence-electron chi connectivity index (χ2n) is 5.16. The molecule has 1 aromatic heterocycles. The smallest absolute Gasteiger partial charge is 0.203 e. The third-order valence-electron chi connectivity index (χ3n) is 3.45. The molecule has 134 valence electrons. The summed E-state index contributed by atoms with van der Waals surface area (Å²) >= 11 is 8.44. The van der Waals surface area contributed by atoms with E-state index in [2.05, 4.69) is 47.4 Å². The molecule has 0 unspecified atom stereocenters. The van der Waals surface area contributed by atoms with Crippen molar-refractivity contribution in [3.8, 4) is 22.8 Å². The predicted molar refractivity (Wildman–Crippen MR) is 114 cm³/mol. The van der Waals surface area contributed by atoms with Crippen molar-refractivity contribution < 1.29 is 9.47 Å². The molecule has 0 fully saturated rings. The number of aromatic nitrogens is 1. The number of methoxy groups -OCH3 is 2. The molecular formula is C18H15Br2N3O2S. The van der Waals surface area contributed by atoms with E-state index in [0.717, 1.165) is 30.9 Å². The van der Waals surface area contributed by atoms with Gasteiger partial charge in [0.1, 0.15) is 0 Å². The molecule has 0 saturated carbocycles. The molecule has 8 heteroatoms. The normalized spacial score (nSPS) is 10.9. The summed E-state index contributed by atoms with van der Waals surface area (Å²) in [5, 5.41) is 6.97. The van der Waals surface area contributed by atoms with Gasteiger partial charge in [-0.05, 0) is 45.8 Å². The topological polar surface area (TPSA) is 55.7 Å². The number of nitrogens with zero attached hydrogens (tertiary/aromatic N) is 2. The zero-order valence-corrected chi connectivity index (χ0v) is 18.0. The van der Waals surface area contributed by atoms with E-state index < -0.39 is 0 Å². The Balaban J connectivity index is 1.72. The lowest BCUT2D eigenvalue weighted by Crippen LogP contribution is -1.95. The van der Waals surface area contributed by atoms with Crippen molar-refractivity contribution in [2.45, 2.75) is 0 Å². The van der Waals surface area contributed by atoms with Crippen molar-refractivity contribution >= 4 is 54.5 Å². The number of thiazole rings is 1. The van der Waals surface area contributed by atoms with Crippen LogP contribution in [0.25, 0.3) is 11.3 Å². The van der Waals surface area contributed by atoms with Crippen molar-refractivity contribution in [1.29, 1.82) is 0 Å². The summed E-state index contributed by atoms with van der Waals surface area (Å²) in [6.45, 7) is 0. The van der Waals surface area contributed by atoms with E-state index in [9.17, 15) is 0 Å². The van der Waals surface area contributed by atoms with Gasteiger partial charge >= 0.3 is 0 Å². The number of ether oxygens (including phenoxy) is 2. The van der Waals surface area contributed by atoms with E-state index in [1.807, 2.05) is 41.8 Å². The van der Waals surface area contributed by atoms with Gasteiger partial charge in [-0.1, -0.05) is 28.1 Å². The first-order valence-corrected chi connectivity index (χ1v) is 9.99. The second kappa shape index (κ2) is 8.66. The monoisotopic (exact) mass is 495 g/mol. The number of nitrogens with one attached hydrogen (secondary N) is 1. The van der Waals surface area contributed by atoms with E-state index >= 15 is 0 Å². The molecule has 0 atom stereocenters. The molecule has 0 saturated heterocycles. The van der Waals surface area contributed by atoms with Crippen LogP contribution in [0.15, 0.2) is 55.8 Å². The van der Waals surface area contributed by atoms with Crippen LogP contribution in [0.1, 0.15) is 5.56 Å². The molecule has 0 aliphatic rings. The lowest BCUT2D eigenvalue weighted by atomic mass is 10.2. The molecule has 3 aromatic rings. The van der Waals surface area contributed by atoms with Gasteiger partial charge in [-0.3, -0.25) is 5.43 Å². The summed E-state index contributed by atoms with van der Waals surface area (Å²) in [5.74, 6) is 1.28. The molecule has 0 spiro atoms. The first-order valence-electron chi connectivity index (χ1n) is 7.52. The van der Waals surface area contributed by atoms with Gasteiger partial charge in [0, 0.05) is 15.4 Å². The van der Waals surface area contributed by atoms with Crippen LogP contribution in [0.5, 0.6) is 11.5 Å². The van der Waals surface area contributed by atoms with Gasteiger partial charge in [-0.25, -0.2) is 4.98 Å². The number of rotatable bonds is 6. The van der Waals surface area contributed by atoms with Crippen LogP contribution in [0.2, 0.25) is 0 Å². The predicted octanol–water partition coefficient (Wildman–Crippen LogP) is 5.80. The molecule has 0 radical (unpaired) electrons. The first kappa shape index (κ1) is 18.9. The van der Waals surface area contributed by atoms with Gasteiger partial charge in [0.05, 0.1) is 30.6 Å². The maximum atomic E-state index is 5.33. The van der Waals surface area contributed by atoms with Crippen LogP contribution < -0.4 is 14.9 Å². The Morgan fingerprint density at radius 1 is 1.15 bits per heavy atom. The molecule has 2 aromatic carbocycles. The Hall–Kier alpha value is -1.90. The summed E-state index contributed by atoms with van der Waals surface area (Å²) < 4.78 is 12.5. The van der Waals surface area contributed by atoms with Crippen LogP contribution in [0, 0.1) is 0 Å². The molecular weight excluding hydrogens is 482 g/mol. The van der Waals surface area contributed by atoms with E-state index in [4.69, 9.17) is 9.47 Å². The maximum Gasteiger partial charge on any atom is 0.203 e. The number of hydrogen-bond donors (Lipinski definition) is 1. The Labute approximate surface area is 172 Å². The highest BCUT2D eigenvalue weighted by atomic mass is 79.9. The third-order valence-corrected chi connectivity index (χ3v) is 5.28. The van der Waals surface area contributed by atoms with Crippen molar-refractivity contribution in [3.63, 3.8) is 0 Å². The fourth-order valence-electron chi connectivity index (χ4n) is 2.28. The molecule has 0 aliphatic heterocycles. The average molecular weight is 497 g/mol. The van der Waals surface area contributed by atoms with Crippen molar-refractivity contribution in [1.82, 2.24) is 4.98 Å². The zero-order valence-electron chi connectivity index (χ0n) is 14.0.